The number of anilines is 2. The Kier molecular flexibility index (Phi) is 3.93. The third-order valence-electron chi connectivity index (χ3n) is 3.99. The predicted octanol–water partition coefficient (Wildman–Crippen LogP) is 3.53. The molecule has 0 aromatic heterocycles. The van der Waals surface area contributed by atoms with Crippen molar-refractivity contribution in [2.24, 2.45) is 11.8 Å². The molecule has 2 N–H and O–H groups in total. The Morgan fingerprint density at radius 1 is 1.18 bits per heavy atom. The Morgan fingerprint density at radius 3 is 2.65 bits per heavy atom. The molecule has 2 nitrogen and oxygen atoms in total. The molecule has 1 atom stereocenters. The van der Waals surface area contributed by atoms with E-state index in [1.54, 1.807) is 0 Å². The number of hydrogen-bond donors (Lipinski definition) is 1. The van der Waals surface area contributed by atoms with Crippen LogP contribution >= 0.6 is 0 Å². The highest BCUT2D eigenvalue weighted by Gasteiger charge is 2.20. The summed E-state index contributed by atoms with van der Waals surface area (Å²) in [6.45, 7) is 6.99. The van der Waals surface area contributed by atoms with Gasteiger partial charge < -0.3 is 10.6 Å². The van der Waals surface area contributed by atoms with Crippen molar-refractivity contribution in [1.29, 1.82) is 0 Å². The molecule has 1 saturated heterocycles. The third-order valence-corrected chi connectivity index (χ3v) is 3.99. The number of benzene rings is 1. The largest absolute Gasteiger partial charge is 0.397 e. The van der Waals surface area contributed by atoms with Crippen LogP contribution in [0.5, 0.6) is 0 Å². The second kappa shape index (κ2) is 5.44. The first kappa shape index (κ1) is 12.3. The molecule has 0 aliphatic carbocycles. The fourth-order valence-electron chi connectivity index (χ4n) is 2.81. The van der Waals surface area contributed by atoms with Crippen LogP contribution in [0.4, 0.5) is 11.4 Å². The average Bonchev–Trinajstić information content (AvgIpc) is 2.55. The smallest absolute Gasteiger partial charge is 0.0599 e. The molecular formula is C15H24N2. The lowest BCUT2D eigenvalue weighted by molar-refractivity contribution is 0.351. The van der Waals surface area contributed by atoms with Crippen molar-refractivity contribution in [3.05, 3.63) is 24.3 Å². The number of nitrogen functional groups attached to an aromatic ring is 1. The van der Waals surface area contributed by atoms with Crippen molar-refractivity contribution in [3.8, 4) is 0 Å². The lowest BCUT2D eigenvalue weighted by atomic mass is 9.89. The van der Waals surface area contributed by atoms with Gasteiger partial charge in [0.1, 0.15) is 0 Å². The molecule has 1 aliphatic heterocycles. The van der Waals surface area contributed by atoms with Gasteiger partial charge in [-0.3, -0.25) is 0 Å². The van der Waals surface area contributed by atoms with E-state index in [9.17, 15) is 0 Å². The number of para-hydroxylation sites is 2. The Labute approximate surface area is 105 Å². The van der Waals surface area contributed by atoms with Crippen LogP contribution in [-0.4, -0.2) is 13.1 Å². The normalized spacial score (nSPS) is 21.6. The fraction of sp³-hybridized carbons (Fsp3) is 0.600. The van der Waals surface area contributed by atoms with Crippen LogP contribution in [0.15, 0.2) is 24.3 Å². The van der Waals surface area contributed by atoms with E-state index in [1.807, 2.05) is 12.1 Å². The summed E-state index contributed by atoms with van der Waals surface area (Å²) in [4.78, 5) is 2.46. The van der Waals surface area contributed by atoms with Crippen molar-refractivity contribution >= 4 is 11.4 Å². The van der Waals surface area contributed by atoms with E-state index in [1.165, 1.54) is 24.9 Å². The molecule has 1 heterocycles. The van der Waals surface area contributed by atoms with E-state index in [-0.39, 0.29) is 0 Å². The van der Waals surface area contributed by atoms with Gasteiger partial charge in [0.05, 0.1) is 11.4 Å². The van der Waals surface area contributed by atoms with Crippen LogP contribution < -0.4 is 10.6 Å². The first-order valence-electron chi connectivity index (χ1n) is 6.78. The van der Waals surface area contributed by atoms with Crippen LogP contribution in [0.2, 0.25) is 0 Å². The molecule has 17 heavy (non-hydrogen) atoms. The molecule has 2 rings (SSSR count). The van der Waals surface area contributed by atoms with Gasteiger partial charge in [-0.1, -0.05) is 26.0 Å². The summed E-state index contributed by atoms with van der Waals surface area (Å²) in [6, 6.07) is 8.23. The minimum absolute atomic E-state index is 0.808. The van der Waals surface area contributed by atoms with Gasteiger partial charge in [-0.2, -0.15) is 0 Å². The number of nitrogens with zero attached hydrogens (tertiary/aromatic N) is 1. The lowest BCUT2D eigenvalue weighted by Gasteiger charge is -2.24. The Hall–Kier alpha value is -1.18. The molecular weight excluding hydrogens is 208 g/mol. The van der Waals surface area contributed by atoms with Crippen LogP contribution in [0.25, 0.3) is 0 Å². The Morgan fingerprint density at radius 2 is 1.94 bits per heavy atom. The van der Waals surface area contributed by atoms with Crippen molar-refractivity contribution in [1.82, 2.24) is 0 Å². The Balaban J connectivity index is 2.07. The highest BCUT2D eigenvalue weighted by atomic mass is 15.1. The standard InChI is InChI=1S/C15H24N2/c1-12(2)13-6-5-10-17(11-9-13)15-8-4-3-7-14(15)16/h3-4,7-8,12-13H,5-6,9-11,16H2,1-2H3. The van der Waals surface area contributed by atoms with Gasteiger partial charge in [0.2, 0.25) is 0 Å². The first-order valence-corrected chi connectivity index (χ1v) is 6.78. The number of nitrogens with two attached hydrogens (primary N) is 1. The second-order valence-electron chi connectivity index (χ2n) is 5.48. The van der Waals surface area contributed by atoms with Gasteiger partial charge in [0.15, 0.2) is 0 Å². The van der Waals surface area contributed by atoms with E-state index in [0.29, 0.717) is 0 Å². The van der Waals surface area contributed by atoms with Gasteiger partial charge in [-0.15, -0.1) is 0 Å². The van der Waals surface area contributed by atoms with Crippen LogP contribution in [0, 0.1) is 11.8 Å². The van der Waals surface area contributed by atoms with Gasteiger partial charge in [0.25, 0.3) is 0 Å². The Bertz CT molecular complexity index is 360. The summed E-state index contributed by atoms with van der Waals surface area (Å²) in [5, 5.41) is 0. The second-order valence-corrected chi connectivity index (χ2v) is 5.48. The molecule has 0 bridgehead atoms. The van der Waals surface area contributed by atoms with E-state index in [0.717, 1.165) is 30.6 Å². The minimum Gasteiger partial charge on any atom is -0.397 e. The number of rotatable bonds is 2. The summed E-state index contributed by atoms with van der Waals surface area (Å²) in [7, 11) is 0. The van der Waals surface area contributed by atoms with Crippen molar-refractivity contribution in [3.63, 3.8) is 0 Å². The zero-order valence-corrected chi connectivity index (χ0v) is 11.0. The van der Waals surface area contributed by atoms with Crippen LogP contribution in [0.3, 0.4) is 0 Å². The topological polar surface area (TPSA) is 29.3 Å². The van der Waals surface area contributed by atoms with Crippen LogP contribution in [-0.2, 0) is 0 Å². The highest BCUT2D eigenvalue weighted by molar-refractivity contribution is 5.67. The number of hydrogen-bond acceptors (Lipinski definition) is 2. The molecule has 94 valence electrons. The first-order chi connectivity index (χ1) is 8.18. The minimum atomic E-state index is 0.808. The molecule has 1 fully saturated rings. The SMILES string of the molecule is CC(C)C1CCCN(c2ccccc2N)CC1. The zero-order valence-electron chi connectivity index (χ0n) is 11.0. The van der Waals surface area contributed by atoms with E-state index in [2.05, 4.69) is 30.9 Å². The fourth-order valence-corrected chi connectivity index (χ4v) is 2.81. The van der Waals surface area contributed by atoms with E-state index in [4.69, 9.17) is 5.73 Å². The van der Waals surface area contributed by atoms with E-state index >= 15 is 0 Å². The summed E-state index contributed by atoms with van der Waals surface area (Å²) in [5.74, 6) is 1.69. The molecule has 0 radical (unpaired) electrons. The van der Waals surface area contributed by atoms with Crippen molar-refractivity contribution in [2.75, 3.05) is 23.7 Å². The third kappa shape index (κ3) is 2.93. The van der Waals surface area contributed by atoms with Crippen LogP contribution in [0.1, 0.15) is 33.1 Å². The van der Waals surface area contributed by atoms with Gasteiger partial charge in [-0.25, -0.2) is 0 Å². The molecule has 1 unspecified atom stereocenters. The van der Waals surface area contributed by atoms with Crippen molar-refractivity contribution in [2.45, 2.75) is 33.1 Å². The summed E-state index contributed by atoms with van der Waals surface area (Å²) < 4.78 is 0. The molecule has 0 amide bonds. The zero-order chi connectivity index (χ0) is 12.3. The maximum absolute atomic E-state index is 6.06. The molecule has 2 heteroatoms. The van der Waals surface area contributed by atoms with Crippen molar-refractivity contribution < 1.29 is 0 Å². The average molecular weight is 232 g/mol. The maximum atomic E-state index is 6.06. The molecule has 0 spiro atoms. The summed E-state index contributed by atoms with van der Waals surface area (Å²) in [6.07, 6.45) is 3.95. The summed E-state index contributed by atoms with van der Waals surface area (Å²) in [5.41, 5.74) is 8.19. The van der Waals surface area contributed by atoms with E-state index < -0.39 is 0 Å². The lowest BCUT2D eigenvalue weighted by Crippen LogP contribution is -2.25. The molecule has 1 aromatic carbocycles. The molecule has 1 aliphatic rings. The molecule has 0 saturated carbocycles. The maximum Gasteiger partial charge on any atom is 0.0599 e. The van der Waals surface area contributed by atoms with Gasteiger partial charge >= 0.3 is 0 Å². The summed E-state index contributed by atoms with van der Waals surface area (Å²) >= 11 is 0. The molecule has 1 aromatic rings. The van der Waals surface area contributed by atoms with Gasteiger partial charge in [0, 0.05) is 13.1 Å². The quantitative estimate of drug-likeness (QED) is 0.790. The highest BCUT2D eigenvalue weighted by Crippen LogP contribution is 2.29. The predicted molar refractivity (Wildman–Crippen MR) is 75.2 cm³/mol. The van der Waals surface area contributed by atoms with Gasteiger partial charge in [-0.05, 0) is 43.2 Å². The monoisotopic (exact) mass is 232 g/mol.